The summed E-state index contributed by atoms with van der Waals surface area (Å²) in [5.74, 6) is -0.204. The summed E-state index contributed by atoms with van der Waals surface area (Å²) in [7, 11) is 0. The van der Waals surface area contributed by atoms with Crippen molar-refractivity contribution in [3.05, 3.63) is 123 Å². The minimum atomic E-state index is -0.554. The van der Waals surface area contributed by atoms with Crippen LogP contribution in [0.25, 0.3) is 17.2 Å². The van der Waals surface area contributed by atoms with Crippen molar-refractivity contribution in [3.8, 4) is 22.6 Å². The zero-order chi connectivity index (χ0) is 27.4. The number of halogens is 1. The number of carbonyl (C=O) groups is 2. The molecule has 5 rings (SSSR count). The highest BCUT2D eigenvalue weighted by Gasteiger charge is 2.25. The SMILES string of the molecule is CCOc1cc(/C=C2\N=C(c3ccc(-c4ccccc4)cc3)OC2=O)cc(Br)c1OC(=O)c1ccccc1C. The average Bonchev–Trinajstić information content (AvgIpc) is 3.31. The van der Waals surface area contributed by atoms with Gasteiger partial charge in [-0.1, -0.05) is 60.7 Å². The Hall–Kier alpha value is -4.49. The second kappa shape index (κ2) is 11.5. The summed E-state index contributed by atoms with van der Waals surface area (Å²) < 4.78 is 17.4. The summed E-state index contributed by atoms with van der Waals surface area (Å²) in [5, 5.41) is 0. The van der Waals surface area contributed by atoms with Crippen LogP contribution >= 0.6 is 15.9 Å². The van der Waals surface area contributed by atoms with E-state index in [-0.39, 0.29) is 17.3 Å². The number of carbonyl (C=O) groups excluding carboxylic acids is 2. The van der Waals surface area contributed by atoms with Crippen LogP contribution in [0.4, 0.5) is 0 Å². The number of hydrogen-bond acceptors (Lipinski definition) is 6. The van der Waals surface area contributed by atoms with E-state index in [9.17, 15) is 9.59 Å². The summed E-state index contributed by atoms with van der Waals surface area (Å²) >= 11 is 3.49. The highest BCUT2D eigenvalue weighted by molar-refractivity contribution is 9.10. The Bertz CT molecular complexity index is 1610. The first-order valence-corrected chi connectivity index (χ1v) is 13.1. The monoisotopic (exact) mass is 581 g/mol. The van der Waals surface area contributed by atoms with Gasteiger partial charge in [0.25, 0.3) is 0 Å². The third-order valence-electron chi connectivity index (χ3n) is 6.05. The van der Waals surface area contributed by atoms with Crippen molar-refractivity contribution in [1.82, 2.24) is 0 Å². The van der Waals surface area contributed by atoms with Gasteiger partial charge in [-0.3, -0.25) is 0 Å². The van der Waals surface area contributed by atoms with Crippen LogP contribution in [0.1, 0.15) is 34.0 Å². The van der Waals surface area contributed by atoms with E-state index < -0.39 is 11.9 Å². The Kier molecular flexibility index (Phi) is 7.70. The van der Waals surface area contributed by atoms with Crippen LogP contribution in [0.2, 0.25) is 0 Å². The van der Waals surface area contributed by atoms with Crippen LogP contribution in [0.5, 0.6) is 11.5 Å². The predicted octanol–water partition coefficient (Wildman–Crippen LogP) is 7.39. The standard InChI is InChI=1S/C32H24BrNO5/c1-3-37-28-19-21(17-26(33)29(28)38-31(35)25-12-8-7-9-20(25)2)18-27-32(36)39-30(34-27)24-15-13-23(14-16-24)22-10-5-4-6-11-22/h4-19H,3H2,1-2H3/b27-18-. The summed E-state index contributed by atoms with van der Waals surface area (Å²) in [6.07, 6.45) is 1.61. The molecule has 0 aliphatic carbocycles. The van der Waals surface area contributed by atoms with E-state index in [1.54, 1.807) is 30.3 Å². The quantitative estimate of drug-likeness (QED) is 0.129. The normalized spacial score (nSPS) is 13.7. The summed E-state index contributed by atoms with van der Waals surface area (Å²) in [5.41, 5.74) is 4.89. The fraction of sp³-hybridized carbons (Fsp3) is 0.0938. The lowest BCUT2D eigenvalue weighted by Crippen LogP contribution is -2.11. The van der Waals surface area contributed by atoms with Gasteiger partial charge in [-0.05, 0) is 88.4 Å². The van der Waals surface area contributed by atoms with Crippen molar-refractivity contribution >= 4 is 39.8 Å². The van der Waals surface area contributed by atoms with Crippen molar-refractivity contribution in [2.24, 2.45) is 4.99 Å². The van der Waals surface area contributed by atoms with Gasteiger partial charge < -0.3 is 14.2 Å². The maximum Gasteiger partial charge on any atom is 0.363 e. The van der Waals surface area contributed by atoms with Crippen molar-refractivity contribution in [1.29, 1.82) is 0 Å². The lowest BCUT2D eigenvalue weighted by molar-refractivity contribution is -0.129. The highest BCUT2D eigenvalue weighted by Crippen LogP contribution is 2.38. The van der Waals surface area contributed by atoms with E-state index in [1.807, 2.05) is 80.6 Å². The lowest BCUT2D eigenvalue weighted by Gasteiger charge is -2.14. The maximum atomic E-state index is 12.8. The van der Waals surface area contributed by atoms with E-state index in [4.69, 9.17) is 14.2 Å². The van der Waals surface area contributed by atoms with Gasteiger partial charge in [0.1, 0.15) is 0 Å². The van der Waals surface area contributed by atoms with Gasteiger partial charge in [0, 0.05) is 5.56 Å². The van der Waals surface area contributed by atoms with Crippen LogP contribution in [0, 0.1) is 6.92 Å². The third-order valence-corrected chi connectivity index (χ3v) is 6.64. The Morgan fingerprint density at radius 3 is 2.31 bits per heavy atom. The molecule has 0 unspecified atom stereocenters. The molecule has 0 saturated carbocycles. The number of aryl methyl sites for hydroxylation is 1. The van der Waals surface area contributed by atoms with E-state index in [2.05, 4.69) is 20.9 Å². The van der Waals surface area contributed by atoms with Crippen LogP contribution < -0.4 is 9.47 Å². The zero-order valence-corrected chi connectivity index (χ0v) is 22.9. The first kappa shape index (κ1) is 26.1. The van der Waals surface area contributed by atoms with E-state index in [0.717, 1.165) is 16.7 Å². The molecule has 7 heteroatoms. The number of aliphatic imine (C=N–C) groups is 1. The van der Waals surface area contributed by atoms with Crippen LogP contribution in [-0.2, 0) is 9.53 Å². The van der Waals surface area contributed by atoms with Crippen molar-refractivity contribution in [2.45, 2.75) is 13.8 Å². The average molecular weight is 582 g/mol. The molecule has 1 aliphatic heterocycles. The molecule has 0 aromatic heterocycles. The molecular weight excluding hydrogens is 558 g/mol. The molecule has 4 aromatic rings. The van der Waals surface area contributed by atoms with Gasteiger partial charge in [-0.25, -0.2) is 14.6 Å². The summed E-state index contributed by atoms with van der Waals surface area (Å²) in [6, 6.07) is 28.3. The number of rotatable bonds is 7. The lowest BCUT2D eigenvalue weighted by atomic mass is 10.0. The summed E-state index contributed by atoms with van der Waals surface area (Å²) in [4.78, 5) is 29.9. The molecule has 0 fully saturated rings. The number of cyclic esters (lactones) is 1. The van der Waals surface area contributed by atoms with Crippen LogP contribution in [0.15, 0.2) is 106 Å². The minimum absolute atomic E-state index is 0.149. The van der Waals surface area contributed by atoms with Gasteiger partial charge in [0.15, 0.2) is 17.2 Å². The van der Waals surface area contributed by atoms with Crippen molar-refractivity contribution in [3.63, 3.8) is 0 Å². The molecule has 39 heavy (non-hydrogen) atoms. The molecule has 4 aromatic carbocycles. The zero-order valence-electron chi connectivity index (χ0n) is 21.3. The number of hydrogen-bond donors (Lipinski definition) is 0. The number of esters is 2. The molecule has 0 atom stereocenters. The second-order valence-corrected chi connectivity index (χ2v) is 9.60. The second-order valence-electron chi connectivity index (χ2n) is 8.75. The largest absolute Gasteiger partial charge is 0.490 e. The van der Waals surface area contributed by atoms with E-state index >= 15 is 0 Å². The molecule has 1 heterocycles. The Balaban J connectivity index is 1.41. The maximum absolute atomic E-state index is 12.8. The molecular formula is C32H24BrNO5. The van der Waals surface area contributed by atoms with Crippen LogP contribution in [0.3, 0.4) is 0 Å². The van der Waals surface area contributed by atoms with Gasteiger partial charge in [0.05, 0.1) is 16.6 Å². The summed E-state index contributed by atoms with van der Waals surface area (Å²) in [6.45, 7) is 4.03. The molecule has 0 amide bonds. The molecule has 0 saturated heterocycles. The Morgan fingerprint density at radius 1 is 0.923 bits per heavy atom. The fourth-order valence-electron chi connectivity index (χ4n) is 4.11. The van der Waals surface area contributed by atoms with E-state index in [0.29, 0.717) is 33.5 Å². The predicted molar refractivity (Wildman–Crippen MR) is 154 cm³/mol. The molecule has 0 N–H and O–H groups in total. The molecule has 6 nitrogen and oxygen atoms in total. The topological polar surface area (TPSA) is 74.2 Å². The van der Waals surface area contributed by atoms with Crippen molar-refractivity contribution in [2.75, 3.05) is 6.61 Å². The van der Waals surface area contributed by atoms with Gasteiger partial charge in [-0.2, -0.15) is 0 Å². The smallest absolute Gasteiger partial charge is 0.363 e. The first-order chi connectivity index (χ1) is 18.9. The van der Waals surface area contributed by atoms with Crippen LogP contribution in [-0.4, -0.2) is 24.4 Å². The fourth-order valence-corrected chi connectivity index (χ4v) is 4.65. The van der Waals surface area contributed by atoms with Crippen molar-refractivity contribution < 1.29 is 23.8 Å². The highest BCUT2D eigenvalue weighted by atomic mass is 79.9. The number of benzene rings is 4. The number of ether oxygens (including phenoxy) is 3. The van der Waals surface area contributed by atoms with E-state index in [1.165, 1.54) is 0 Å². The molecule has 0 radical (unpaired) electrons. The van der Waals surface area contributed by atoms with Gasteiger partial charge >= 0.3 is 11.9 Å². The molecule has 0 spiro atoms. The van der Waals surface area contributed by atoms with Gasteiger partial charge in [0.2, 0.25) is 5.90 Å². The Labute approximate surface area is 234 Å². The Morgan fingerprint density at radius 2 is 1.59 bits per heavy atom. The molecule has 0 bridgehead atoms. The number of nitrogens with zero attached hydrogens (tertiary/aromatic N) is 1. The first-order valence-electron chi connectivity index (χ1n) is 12.4. The minimum Gasteiger partial charge on any atom is -0.490 e. The third kappa shape index (κ3) is 5.84. The molecule has 194 valence electrons. The van der Waals surface area contributed by atoms with Gasteiger partial charge in [-0.15, -0.1) is 0 Å². The molecule has 1 aliphatic rings.